The molecular weight excluding hydrogens is 344 g/mol. The van der Waals surface area contributed by atoms with Gasteiger partial charge in [-0.3, -0.25) is 9.69 Å². The van der Waals surface area contributed by atoms with Crippen LogP contribution in [0.15, 0.2) is 46.6 Å². The second kappa shape index (κ2) is 9.01. The van der Waals surface area contributed by atoms with Crippen LogP contribution < -0.4 is 10.6 Å². The van der Waals surface area contributed by atoms with Crippen LogP contribution in [0.4, 0.5) is 5.82 Å². The molecule has 0 atom stereocenters. The Morgan fingerprint density at radius 3 is 2.62 bits per heavy atom. The van der Waals surface area contributed by atoms with Crippen LogP contribution in [0.5, 0.6) is 0 Å². The summed E-state index contributed by atoms with van der Waals surface area (Å²) in [5.74, 6) is 0.670. The van der Waals surface area contributed by atoms with Gasteiger partial charge < -0.3 is 5.73 Å². The quantitative estimate of drug-likeness (QED) is 0.794. The first-order valence-corrected chi connectivity index (χ1v) is 8.72. The zero-order valence-corrected chi connectivity index (χ0v) is 15.0. The molecule has 128 valence electrons. The average Bonchev–Trinajstić information content (AvgIpc) is 2.70. The number of nitrogens with zero attached hydrogens (tertiary/aromatic N) is 3. The van der Waals surface area contributed by atoms with Crippen LogP contribution in [0.3, 0.4) is 0 Å². The molecule has 1 aliphatic heterocycles. The minimum absolute atomic E-state index is 0. The molecule has 24 heavy (non-hydrogen) atoms. The van der Waals surface area contributed by atoms with Gasteiger partial charge in [0, 0.05) is 23.8 Å². The summed E-state index contributed by atoms with van der Waals surface area (Å²) in [5, 5.41) is 0.785. The van der Waals surface area contributed by atoms with Gasteiger partial charge in [-0.25, -0.2) is 9.97 Å². The highest BCUT2D eigenvalue weighted by Crippen LogP contribution is 2.38. The lowest BCUT2D eigenvalue weighted by molar-refractivity contribution is 0.0982. The number of hydrogen-bond acceptors (Lipinski definition) is 5. The Bertz CT molecular complexity index is 698. The van der Waals surface area contributed by atoms with Crippen LogP contribution >= 0.6 is 24.2 Å². The number of anilines is 1. The van der Waals surface area contributed by atoms with Crippen molar-refractivity contribution in [3.8, 4) is 0 Å². The Morgan fingerprint density at radius 1 is 1.04 bits per heavy atom. The molecule has 5 nitrogen and oxygen atoms in total. The van der Waals surface area contributed by atoms with E-state index in [-0.39, 0.29) is 18.3 Å². The predicted molar refractivity (Wildman–Crippen MR) is 99.0 cm³/mol. The van der Waals surface area contributed by atoms with Crippen molar-refractivity contribution in [2.75, 3.05) is 18.0 Å². The summed E-state index contributed by atoms with van der Waals surface area (Å²) in [6, 6.07) is 7.67. The van der Waals surface area contributed by atoms with E-state index in [0.717, 1.165) is 47.7 Å². The number of nitrogens with two attached hydrogens (primary N) is 1. The fraction of sp³-hybridized carbons (Fsp3) is 0.353. The van der Waals surface area contributed by atoms with E-state index in [4.69, 9.17) is 5.73 Å². The van der Waals surface area contributed by atoms with Gasteiger partial charge in [0.1, 0.15) is 5.03 Å². The van der Waals surface area contributed by atoms with E-state index in [0.29, 0.717) is 12.4 Å². The number of amides is 1. The number of benzene rings is 1. The molecule has 1 aliphatic rings. The summed E-state index contributed by atoms with van der Waals surface area (Å²) in [6.07, 6.45) is 7.44. The average molecular weight is 365 g/mol. The van der Waals surface area contributed by atoms with E-state index < -0.39 is 0 Å². The van der Waals surface area contributed by atoms with E-state index in [9.17, 15) is 4.79 Å². The lowest BCUT2D eigenvalue weighted by atomic mass is 10.1. The first kappa shape index (κ1) is 18.7. The van der Waals surface area contributed by atoms with Crippen molar-refractivity contribution in [2.24, 2.45) is 5.73 Å². The van der Waals surface area contributed by atoms with Crippen LogP contribution in [0.2, 0.25) is 0 Å². The standard InChI is InChI=1S/C17H20N4OS.ClH/c18-9-5-1-2-6-12-21-15-16(20-11-10-19-15)23-14-8-4-3-7-13(14)17(21)22;/h3-4,7-8,10-11H,1-2,5-6,9,12,18H2;1H. The highest BCUT2D eigenvalue weighted by atomic mass is 35.5. The number of unbranched alkanes of at least 4 members (excludes halogenated alkanes) is 3. The number of carbonyl (C=O) groups is 1. The molecule has 1 amide bonds. The smallest absolute Gasteiger partial charge is 0.260 e. The summed E-state index contributed by atoms with van der Waals surface area (Å²) in [5.41, 5.74) is 6.25. The molecule has 7 heteroatoms. The summed E-state index contributed by atoms with van der Waals surface area (Å²) < 4.78 is 0. The lowest BCUT2D eigenvalue weighted by Gasteiger charge is -2.21. The van der Waals surface area contributed by atoms with Gasteiger partial charge in [0.15, 0.2) is 5.82 Å². The molecule has 2 aromatic rings. The Morgan fingerprint density at radius 2 is 1.79 bits per heavy atom. The van der Waals surface area contributed by atoms with E-state index in [2.05, 4.69) is 9.97 Å². The van der Waals surface area contributed by atoms with Gasteiger partial charge in [-0.2, -0.15) is 0 Å². The van der Waals surface area contributed by atoms with Gasteiger partial charge in [-0.15, -0.1) is 12.4 Å². The lowest BCUT2D eigenvalue weighted by Crippen LogP contribution is -2.32. The van der Waals surface area contributed by atoms with Crippen molar-refractivity contribution >= 4 is 35.9 Å². The Balaban J connectivity index is 0.00000208. The van der Waals surface area contributed by atoms with E-state index in [1.54, 1.807) is 17.3 Å². The molecule has 0 unspecified atom stereocenters. The highest BCUT2D eigenvalue weighted by Gasteiger charge is 2.28. The molecular formula is C17H21ClN4OS. The second-order valence-electron chi connectivity index (χ2n) is 5.44. The maximum atomic E-state index is 12.9. The fourth-order valence-electron chi connectivity index (χ4n) is 2.63. The van der Waals surface area contributed by atoms with Gasteiger partial charge in [0.2, 0.25) is 0 Å². The summed E-state index contributed by atoms with van der Waals surface area (Å²) in [7, 11) is 0. The van der Waals surface area contributed by atoms with Crippen molar-refractivity contribution < 1.29 is 4.79 Å². The molecule has 0 spiro atoms. The van der Waals surface area contributed by atoms with Crippen molar-refractivity contribution in [1.82, 2.24) is 9.97 Å². The maximum absolute atomic E-state index is 12.9. The normalized spacial score (nSPS) is 12.9. The molecule has 0 radical (unpaired) electrons. The minimum Gasteiger partial charge on any atom is -0.330 e. The molecule has 3 rings (SSSR count). The molecule has 1 aromatic carbocycles. The number of halogens is 1. The first-order valence-electron chi connectivity index (χ1n) is 7.91. The Labute approximate surface area is 152 Å². The van der Waals surface area contributed by atoms with Gasteiger partial charge >= 0.3 is 0 Å². The molecule has 2 heterocycles. The SMILES string of the molecule is Cl.NCCCCCCN1C(=O)c2ccccc2Sc2nccnc21. The number of rotatable bonds is 6. The van der Waals surface area contributed by atoms with Crippen molar-refractivity contribution in [3.05, 3.63) is 42.2 Å². The summed E-state index contributed by atoms with van der Waals surface area (Å²) in [4.78, 5) is 24.5. The molecule has 1 aromatic heterocycles. The van der Waals surface area contributed by atoms with Crippen molar-refractivity contribution in [3.63, 3.8) is 0 Å². The fourth-order valence-corrected chi connectivity index (χ4v) is 3.62. The van der Waals surface area contributed by atoms with Crippen LogP contribution in [-0.2, 0) is 0 Å². The van der Waals surface area contributed by atoms with Crippen LogP contribution in [0, 0.1) is 0 Å². The zero-order valence-electron chi connectivity index (χ0n) is 13.4. The third kappa shape index (κ3) is 4.06. The van der Waals surface area contributed by atoms with E-state index in [1.165, 1.54) is 11.8 Å². The molecule has 2 N–H and O–H groups in total. The minimum atomic E-state index is 0. The third-order valence-corrected chi connectivity index (χ3v) is 4.86. The van der Waals surface area contributed by atoms with Crippen molar-refractivity contribution in [2.45, 2.75) is 35.6 Å². The summed E-state index contributed by atoms with van der Waals surface area (Å²) >= 11 is 1.51. The number of hydrogen-bond donors (Lipinski definition) is 1. The zero-order chi connectivity index (χ0) is 16.1. The first-order chi connectivity index (χ1) is 11.3. The second-order valence-corrected chi connectivity index (χ2v) is 6.47. The topological polar surface area (TPSA) is 72.1 Å². The van der Waals surface area contributed by atoms with Crippen LogP contribution in [0.1, 0.15) is 36.0 Å². The molecule has 0 saturated carbocycles. The van der Waals surface area contributed by atoms with Gasteiger partial charge in [-0.05, 0) is 31.5 Å². The predicted octanol–water partition coefficient (Wildman–Crippen LogP) is 3.53. The highest BCUT2D eigenvalue weighted by molar-refractivity contribution is 7.99. The number of aromatic nitrogens is 2. The van der Waals surface area contributed by atoms with E-state index >= 15 is 0 Å². The molecule has 0 fully saturated rings. The van der Waals surface area contributed by atoms with E-state index in [1.807, 2.05) is 24.3 Å². The largest absolute Gasteiger partial charge is 0.330 e. The molecule has 0 bridgehead atoms. The number of carbonyl (C=O) groups excluding carboxylic acids is 1. The Kier molecular flexibility index (Phi) is 7.02. The third-order valence-electron chi connectivity index (χ3n) is 3.81. The molecule has 0 aliphatic carbocycles. The van der Waals surface area contributed by atoms with Crippen LogP contribution in [0.25, 0.3) is 0 Å². The number of fused-ring (bicyclic) bond motifs is 2. The monoisotopic (exact) mass is 364 g/mol. The Hall–Kier alpha value is -1.63. The van der Waals surface area contributed by atoms with Gasteiger partial charge in [0.05, 0.1) is 5.56 Å². The summed E-state index contributed by atoms with van der Waals surface area (Å²) in [6.45, 7) is 1.38. The van der Waals surface area contributed by atoms with Gasteiger partial charge in [-0.1, -0.05) is 36.7 Å². The molecule has 0 saturated heterocycles. The van der Waals surface area contributed by atoms with Crippen LogP contribution in [-0.4, -0.2) is 29.0 Å². The maximum Gasteiger partial charge on any atom is 0.260 e. The van der Waals surface area contributed by atoms with Crippen molar-refractivity contribution in [1.29, 1.82) is 0 Å². The van der Waals surface area contributed by atoms with Gasteiger partial charge in [0.25, 0.3) is 5.91 Å².